The fraction of sp³-hybridized carbons (Fsp3) is 0.296. The molecule has 1 aliphatic heterocycles. The second-order valence-corrected chi connectivity index (χ2v) is 8.80. The van der Waals surface area contributed by atoms with Gasteiger partial charge in [0.05, 0.1) is 19.8 Å². The van der Waals surface area contributed by atoms with Gasteiger partial charge in [-0.15, -0.1) is 0 Å². The van der Waals surface area contributed by atoms with Crippen molar-refractivity contribution in [2.45, 2.75) is 19.1 Å². The number of pyridine rings is 1. The number of carbonyl (C=O) groups is 2. The van der Waals surface area contributed by atoms with Crippen LogP contribution in [0.3, 0.4) is 0 Å². The summed E-state index contributed by atoms with van der Waals surface area (Å²) in [4.78, 5) is 33.7. The maximum atomic E-state index is 13.2. The van der Waals surface area contributed by atoms with Crippen LogP contribution in [-0.4, -0.2) is 66.0 Å². The summed E-state index contributed by atoms with van der Waals surface area (Å²) < 4.78 is 11.5. The van der Waals surface area contributed by atoms with E-state index >= 15 is 0 Å². The molecular formula is C27H28ClN3O4. The second kappa shape index (κ2) is 11.8. The fourth-order valence-corrected chi connectivity index (χ4v) is 4.23. The molecule has 1 atom stereocenters. The Balaban J connectivity index is 1.51. The van der Waals surface area contributed by atoms with Crippen LogP contribution in [0.25, 0.3) is 0 Å². The summed E-state index contributed by atoms with van der Waals surface area (Å²) in [6, 6.07) is 20.8. The van der Waals surface area contributed by atoms with Crippen LogP contribution in [0.4, 0.5) is 0 Å². The maximum absolute atomic E-state index is 13.2. The lowest BCUT2D eigenvalue weighted by Crippen LogP contribution is -2.40. The molecule has 0 spiro atoms. The SMILES string of the molecule is COc1cccc(CO[C@@H]2CN(CCc3ccccc3)C(=O)CN(C(=O)c3ccnc(Cl)c3)C2)c1. The summed E-state index contributed by atoms with van der Waals surface area (Å²) in [6.07, 6.45) is 1.85. The minimum absolute atomic E-state index is 0.0212. The first-order chi connectivity index (χ1) is 17.0. The molecule has 1 aromatic heterocycles. The smallest absolute Gasteiger partial charge is 0.254 e. The second-order valence-electron chi connectivity index (χ2n) is 8.41. The third kappa shape index (κ3) is 6.81. The normalized spacial score (nSPS) is 16.2. The van der Waals surface area contributed by atoms with E-state index in [0.717, 1.165) is 23.3 Å². The molecule has 0 N–H and O–H groups in total. The predicted molar refractivity (Wildman–Crippen MR) is 133 cm³/mol. The number of methoxy groups -OCH3 is 1. The number of rotatable bonds is 8. The molecule has 2 heterocycles. The number of carbonyl (C=O) groups excluding carboxylic acids is 2. The minimum atomic E-state index is -0.357. The van der Waals surface area contributed by atoms with Crippen molar-refractivity contribution < 1.29 is 19.1 Å². The van der Waals surface area contributed by atoms with Crippen molar-refractivity contribution >= 4 is 23.4 Å². The van der Waals surface area contributed by atoms with Crippen molar-refractivity contribution in [2.24, 2.45) is 0 Å². The molecule has 35 heavy (non-hydrogen) atoms. The highest BCUT2D eigenvalue weighted by atomic mass is 35.5. The highest BCUT2D eigenvalue weighted by Crippen LogP contribution is 2.18. The van der Waals surface area contributed by atoms with E-state index in [2.05, 4.69) is 4.98 Å². The van der Waals surface area contributed by atoms with Gasteiger partial charge < -0.3 is 19.3 Å². The number of hydrogen-bond acceptors (Lipinski definition) is 5. The van der Waals surface area contributed by atoms with Gasteiger partial charge in [0.1, 0.15) is 17.4 Å². The van der Waals surface area contributed by atoms with E-state index in [9.17, 15) is 9.59 Å². The third-order valence-corrected chi connectivity index (χ3v) is 6.13. The molecular weight excluding hydrogens is 466 g/mol. The number of hydrogen-bond donors (Lipinski definition) is 0. The summed E-state index contributed by atoms with van der Waals surface area (Å²) in [7, 11) is 1.62. The van der Waals surface area contributed by atoms with Crippen LogP contribution in [0.1, 0.15) is 21.5 Å². The summed E-state index contributed by atoms with van der Waals surface area (Å²) in [5.74, 6) is 0.363. The molecule has 1 fully saturated rings. The Bertz CT molecular complexity index is 1160. The quantitative estimate of drug-likeness (QED) is 0.446. The zero-order valence-corrected chi connectivity index (χ0v) is 20.4. The van der Waals surface area contributed by atoms with Crippen molar-refractivity contribution in [3.8, 4) is 5.75 Å². The first-order valence-corrected chi connectivity index (χ1v) is 11.9. The van der Waals surface area contributed by atoms with Gasteiger partial charge in [-0.1, -0.05) is 54.1 Å². The first-order valence-electron chi connectivity index (χ1n) is 11.5. The average molecular weight is 494 g/mol. The topological polar surface area (TPSA) is 72.0 Å². The fourth-order valence-electron chi connectivity index (χ4n) is 4.06. The molecule has 1 aliphatic rings. The van der Waals surface area contributed by atoms with Crippen LogP contribution in [0.2, 0.25) is 5.15 Å². The van der Waals surface area contributed by atoms with Gasteiger partial charge in [0.25, 0.3) is 5.91 Å². The summed E-state index contributed by atoms with van der Waals surface area (Å²) in [6.45, 7) is 1.55. The van der Waals surface area contributed by atoms with Crippen molar-refractivity contribution in [3.05, 3.63) is 94.8 Å². The van der Waals surface area contributed by atoms with E-state index in [4.69, 9.17) is 21.1 Å². The summed E-state index contributed by atoms with van der Waals surface area (Å²) in [5, 5.41) is 0.229. The van der Waals surface area contributed by atoms with Gasteiger partial charge in [-0.3, -0.25) is 9.59 Å². The molecule has 7 nitrogen and oxygen atoms in total. The third-order valence-electron chi connectivity index (χ3n) is 5.92. The lowest BCUT2D eigenvalue weighted by Gasteiger charge is -2.25. The molecule has 8 heteroatoms. The number of ether oxygens (including phenoxy) is 2. The molecule has 2 amide bonds. The first kappa shape index (κ1) is 24.7. The molecule has 0 bridgehead atoms. The van der Waals surface area contributed by atoms with Crippen LogP contribution < -0.4 is 4.74 Å². The van der Waals surface area contributed by atoms with Crippen molar-refractivity contribution in [3.63, 3.8) is 0 Å². The van der Waals surface area contributed by atoms with Crippen LogP contribution in [0.15, 0.2) is 72.9 Å². The van der Waals surface area contributed by atoms with E-state index in [1.54, 1.807) is 18.1 Å². The van der Waals surface area contributed by atoms with E-state index in [-0.39, 0.29) is 36.2 Å². The van der Waals surface area contributed by atoms with Crippen molar-refractivity contribution in [2.75, 3.05) is 33.3 Å². The molecule has 0 saturated carbocycles. The van der Waals surface area contributed by atoms with Crippen molar-refractivity contribution in [1.82, 2.24) is 14.8 Å². The highest BCUT2D eigenvalue weighted by molar-refractivity contribution is 6.29. The van der Waals surface area contributed by atoms with Gasteiger partial charge in [-0.05, 0) is 41.8 Å². The maximum Gasteiger partial charge on any atom is 0.254 e. The predicted octanol–water partition coefficient (Wildman–Crippen LogP) is 3.86. The van der Waals surface area contributed by atoms with E-state index in [1.165, 1.54) is 17.2 Å². The zero-order chi connectivity index (χ0) is 24.6. The molecule has 1 saturated heterocycles. The minimum Gasteiger partial charge on any atom is -0.497 e. The molecule has 182 valence electrons. The lowest BCUT2D eigenvalue weighted by molar-refractivity contribution is -0.131. The highest BCUT2D eigenvalue weighted by Gasteiger charge is 2.31. The number of halogens is 1. The van der Waals surface area contributed by atoms with E-state index in [0.29, 0.717) is 25.3 Å². The summed E-state index contributed by atoms with van der Waals surface area (Å²) >= 11 is 5.99. The standard InChI is InChI=1S/C27H28ClN3O4/c1-34-23-9-5-8-21(14-23)19-35-24-16-30(13-11-20-6-3-2-4-7-20)26(32)18-31(17-24)27(33)22-10-12-29-25(28)15-22/h2-10,12,14-15,24H,11,13,16-19H2,1H3/t24-/m1/s1. The van der Waals surface area contributed by atoms with Gasteiger partial charge in [-0.2, -0.15) is 0 Å². The van der Waals surface area contributed by atoms with Crippen LogP contribution in [0, 0.1) is 0 Å². The van der Waals surface area contributed by atoms with Gasteiger partial charge in [0.2, 0.25) is 5.91 Å². The number of benzene rings is 2. The molecule has 3 aromatic rings. The van der Waals surface area contributed by atoms with Crippen LogP contribution in [0.5, 0.6) is 5.75 Å². The Morgan fingerprint density at radius 2 is 1.86 bits per heavy atom. The Hall–Kier alpha value is -3.42. The molecule has 2 aromatic carbocycles. The number of nitrogens with zero attached hydrogens (tertiary/aromatic N) is 3. The van der Waals surface area contributed by atoms with E-state index in [1.807, 2.05) is 54.6 Å². The largest absolute Gasteiger partial charge is 0.497 e. The van der Waals surface area contributed by atoms with Crippen LogP contribution in [-0.2, 0) is 22.6 Å². The monoisotopic (exact) mass is 493 g/mol. The Morgan fingerprint density at radius 3 is 2.63 bits per heavy atom. The molecule has 0 unspecified atom stereocenters. The average Bonchev–Trinajstić information content (AvgIpc) is 3.04. The van der Waals surface area contributed by atoms with Gasteiger partial charge in [-0.25, -0.2) is 4.98 Å². The Kier molecular flexibility index (Phi) is 8.34. The number of amides is 2. The molecule has 0 aliphatic carbocycles. The molecule has 0 radical (unpaired) electrons. The molecule has 4 rings (SSSR count). The van der Waals surface area contributed by atoms with Gasteiger partial charge >= 0.3 is 0 Å². The van der Waals surface area contributed by atoms with Gasteiger partial charge in [0, 0.05) is 31.4 Å². The summed E-state index contributed by atoms with van der Waals surface area (Å²) in [5.41, 5.74) is 2.49. The number of aromatic nitrogens is 1. The Morgan fingerprint density at radius 1 is 1.06 bits per heavy atom. The lowest BCUT2D eigenvalue weighted by atomic mass is 10.1. The Labute approximate surface area is 210 Å². The zero-order valence-electron chi connectivity index (χ0n) is 19.6. The van der Waals surface area contributed by atoms with Gasteiger partial charge in [0.15, 0.2) is 0 Å². The van der Waals surface area contributed by atoms with Crippen LogP contribution >= 0.6 is 11.6 Å². The van der Waals surface area contributed by atoms with Crippen molar-refractivity contribution in [1.29, 1.82) is 0 Å². The van der Waals surface area contributed by atoms with E-state index < -0.39 is 0 Å².